The van der Waals surface area contributed by atoms with Crippen molar-refractivity contribution in [3.05, 3.63) is 265 Å². The summed E-state index contributed by atoms with van der Waals surface area (Å²) in [6.07, 6.45) is 8.76. The van der Waals surface area contributed by atoms with Gasteiger partial charge in [-0.2, -0.15) is 0 Å². The number of hydrogen-bond acceptors (Lipinski definition) is 3. The van der Waals surface area contributed by atoms with Crippen LogP contribution < -0.4 is 10.2 Å². The Bertz CT molecular complexity index is 4020. The molecule has 2 aliphatic carbocycles. The molecule has 4 heteroatoms. The van der Waals surface area contributed by atoms with Gasteiger partial charge in [-0.15, -0.1) is 11.3 Å². The second-order valence-electron chi connectivity index (χ2n) is 21.8. The molecule has 13 rings (SSSR count). The fourth-order valence-electron chi connectivity index (χ4n) is 11.8. The van der Waals surface area contributed by atoms with Gasteiger partial charge in [-0.3, -0.25) is 0 Å². The Balaban J connectivity index is 0.000000227. The average Bonchev–Trinajstić information content (AvgIpc) is 4.10. The second kappa shape index (κ2) is 20.9. The van der Waals surface area contributed by atoms with Gasteiger partial charge in [0, 0.05) is 77.4 Å². The van der Waals surface area contributed by atoms with E-state index in [-0.39, 0.29) is 5.41 Å². The third kappa shape index (κ3) is 9.53. The molecule has 2 aliphatic rings. The van der Waals surface area contributed by atoms with Crippen LogP contribution in [0.3, 0.4) is 0 Å². The largest absolute Gasteiger partial charge is 0.388 e. The first kappa shape index (κ1) is 50.7. The Morgan fingerprint density at radius 1 is 0.610 bits per heavy atom. The molecule has 77 heavy (non-hydrogen) atoms. The summed E-state index contributed by atoms with van der Waals surface area (Å²) in [7, 11) is 1.90. The molecule has 0 fully saturated rings. The molecule has 2 aromatic heterocycles. The molecule has 3 nitrogen and oxygen atoms in total. The summed E-state index contributed by atoms with van der Waals surface area (Å²) in [5.74, 6) is 0. The van der Waals surface area contributed by atoms with Gasteiger partial charge in [0.05, 0.1) is 11.0 Å². The van der Waals surface area contributed by atoms with Gasteiger partial charge in [-0.25, -0.2) is 0 Å². The zero-order valence-electron chi connectivity index (χ0n) is 45.5. The zero-order chi connectivity index (χ0) is 53.4. The van der Waals surface area contributed by atoms with Crippen molar-refractivity contribution in [2.24, 2.45) is 5.41 Å². The van der Waals surface area contributed by atoms with Gasteiger partial charge in [0.15, 0.2) is 0 Å². The molecular formula is C73H67N3S. The molecule has 0 unspecified atom stereocenters. The van der Waals surface area contributed by atoms with Crippen molar-refractivity contribution in [3.8, 4) is 27.9 Å². The number of aromatic nitrogens is 1. The highest BCUT2D eigenvalue weighted by molar-refractivity contribution is 7.26. The van der Waals surface area contributed by atoms with Crippen molar-refractivity contribution in [1.29, 1.82) is 0 Å². The minimum Gasteiger partial charge on any atom is -0.388 e. The Hall–Kier alpha value is -8.44. The number of nitrogens with zero attached hydrogens (tertiary/aromatic N) is 2. The molecule has 11 aromatic rings. The van der Waals surface area contributed by atoms with E-state index in [4.69, 9.17) is 0 Å². The summed E-state index contributed by atoms with van der Waals surface area (Å²) in [6.45, 7) is 21.4. The summed E-state index contributed by atoms with van der Waals surface area (Å²) in [5, 5.41) is 8.26. The molecule has 0 saturated heterocycles. The lowest BCUT2D eigenvalue weighted by Gasteiger charge is -2.28. The topological polar surface area (TPSA) is 20.2 Å². The number of anilines is 4. The molecular weight excluding hydrogens is 951 g/mol. The fourth-order valence-corrected chi connectivity index (χ4v) is 13.1. The number of hydrogen-bond donors (Lipinski definition) is 1. The molecule has 0 spiro atoms. The van der Waals surface area contributed by atoms with Crippen LogP contribution >= 0.6 is 11.3 Å². The monoisotopic (exact) mass is 1020 g/mol. The van der Waals surface area contributed by atoms with Gasteiger partial charge in [-0.1, -0.05) is 211 Å². The summed E-state index contributed by atoms with van der Waals surface area (Å²) < 4.78 is 5.03. The van der Waals surface area contributed by atoms with Gasteiger partial charge in [-0.05, 0) is 137 Å². The van der Waals surface area contributed by atoms with E-state index in [0.717, 1.165) is 28.2 Å². The third-order valence-electron chi connectivity index (χ3n) is 15.7. The predicted molar refractivity (Wildman–Crippen MR) is 337 cm³/mol. The summed E-state index contributed by atoms with van der Waals surface area (Å²) in [5.41, 5.74) is 21.6. The first-order valence-electron chi connectivity index (χ1n) is 26.9. The average molecular weight is 1020 g/mol. The normalized spacial score (nSPS) is 13.4. The van der Waals surface area contributed by atoms with Gasteiger partial charge < -0.3 is 14.8 Å². The van der Waals surface area contributed by atoms with E-state index in [1.165, 1.54) is 105 Å². The number of para-hydroxylation sites is 4. The SMILES string of the molecule is C=CC(=C)c1ccccc1NC.CC1(C)c2ccccc2-c2ccc(N(c3ccccc3)c3ccc(-c4cccc5c4sc4ccc(-n6c7ccccc7c7ccccc76)cc45)cc3)cc21.CC1=C(C(C)(C)C)CCC=C1. The van der Waals surface area contributed by atoms with Crippen molar-refractivity contribution in [2.75, 3.05) is 17.3 Å². The quantitative estimate of drug-likeness (QED) is 0.153. The first-order valence-corrected chi connectivity index (χ1v) is 27.8. The van der Waals surface area contributed by atoms with E-state index in [1.54, 1.807) is 11.6 Å². The van der Waals surface area contributed by atoms with Crippen LogP contribution in [0.2, 0.25) is 0 Å². The second-order valence-corrected chi connectivity index (χ2v) is 22.9. The van der Waals surface area contributed by atoms with Crippen LogP contribution in [0.1, 0.15) is 71.1 Å². The van der Waals surface area contributed by atoms with E-state index in [2.05, 4.69) is 264 Å². The lowest BCUT2D eigenvalue weighted by atomic mass is 9.79. The standard InChI is InChI=1S/C51H36N2S.C11H13N.C11H18/c1-51(2)45-20-9-6-15-39(45)40-29-27-37(32-46(40)51)52(34-13-4-3-5-14-34)35-25-23-33(24-26-35)38-18-12-19-43-44-31-36(28-30-49(44)54-50(38)43)53-47-21-10-7-16-41(47)42-17-8-11-22-48(42)53;1-4-9(2)10-7-5-6-8-11(10)12-3;1-9-7-5-6-8-10(9)11(2,3)4/h3-32H,1-2H3;4-8,12H,1-2H2,3H3;5,7H,6,8H2,1-4H3. The van der Waals surface area contributed by atoms with Crippen LogP contribution in [0.5, 0.6) is 0 Å². The van der Waals surface area contributed by atoms with Crippen LogP contribution in [-0.4, -0.2) is 11.6 Å². The number of thiophene rings is 1. The highest BCUT2D eigenvalue weighted by Gasteiger charge is 2.36. The maximum Gasteiger partial charge on any atom is 0.0541 e. The molecule has 0 radical (unpaired) electrons. The first-order chi connectivity index (χ1) is 37.3. The van der Waals surface area contributed by atoms with Crippen molar-refractivity contribution in [2.45, 2.75) is 59.8 Å². The highest BCUT2D eigenvalue weighted by Crippen LogP contribution is 2.51. The summed E-state index contributed by atoms with van der Waals surface area (Å²) in [4.78, 5) is 2.39. The third-order valence-corrected chi connectivity index (χ3v) is 16.9. The minimum atomic E-state index is -0.0682. The van der Waals surface area contributed by atoms with Crippen molar-refractivity contribution in [3.63, 3.8) is 0 Å². The van der Waals surface area contributed by atoms with Crippen LogP contribution in [0.25, 0.3) is 75.5 Å². The van der Waals surface area contributed by atoms with Gasteiger partial charge in [0.2, 0.25) is 0 Å². The highest BCUT2D eigenvalue weighted by atomic mass is 32.1. The lowest BCUT2D eigenvalue weighted by molar-refractivity contribution is 0.476. The van der Waals surface area contributed by atoms with Gasteiger partial charge in [0.1, 0.15) is 0 Å². The van der Waals surface area contributed by atoms with Gasteiger partial charge in [0.25, 0.3) is 0 Å². The molecule has 0 amide bonds. The molecule has 0 aliphatic heterocycles. The molecule has 2 heterocycles. The Morgan fingerprint density at radius 3 is 1.91 bits per heavy atom. The van der Waals surface area contributed by atoms with Crippen LogP contribution in [-0.2, 0) is 5.41 Å². The van der Waals surface area contributed by atoms with Crippen molar-refractivity contribution in [1.82, 2.24) is 4.57 Å². The lowest BCUT2D eigenvalue weighted by Crippen LogP contribution is -2.16. The molecule has 0 atom stereocenters. The number of benzene rings is 9. The molecule has 380 valence electrons. The van der Waals surface area contributed by atoms with Crippen molar-refractivity contribution < 1.29 is 0 Å². The minimum absolute atomic E-state index is 0.0682. The molecule has 1 N–H and O–H groups in total. The zero-order valence-corrected chi connectivity index (χ0v) is 46.3. The van der Waals surface area contributed by atoms with Crippen LogP contribution in [0.15, 0.2) is 249 Å². The summed E-state index contributed by atoms with van der Waals surface area (Å²) >= 11 is 1.89. The van der Waals surface area contributed by atoms with E-state index in [0.29, 0.717) is 5.41 Å². The van der Waals surface area contributed by atoms with E-state index >= 15 is 0 Å². The number of rotatable bonds is 8. The maximum absolute atomic E-state index is 3.89. The smallest absolute Gasteiger partial charge is 0.0541 e. The molecule has 9 aromatic carbocycles. The van der Waals surface area contributed by atoms with E-state index in [1.807, 2.05) is 42.6 Å². The predicted octanol–water partition coefficient (Wildman–Crippen LogP) is 21.2. The molecule has 0 saturated carbocycles. The number of allylic oxidation sites excluding steroid dienone is 6. The maximum atomic E-state index is 3.89. The van der Waals surface area contributed by atoms with E-state index < -0.39 is 0 Å². The Labute approximate surface area is 459 Å². The van der Waals surface area contributed by atoms with Crippen LogP contribution in [0, 0.1) is 5.41 Å². The van der Waals surface area contributed by atoms with Gasteiger partial charge >= 0.3 is 0 Å². The van der Waals surface area contributed by atoms with Crippen LogP contribution in [0.4, 0.5) is 22.7 Å². The summed E-state index contributed by atoms with van der Waals surface area (Å²) in [6, 6.07) is 75.0. The Kier molecular flexibility index (Phi) is 13.8. The fraction of sp³-hybridized carbons (Fsp3) is 0.151. The number of nitrogens with one attached hydrogen (secondary N) is 1. The Morgan fingerprint density at radius 2 is 1.22 bits per heavy atom. The van der Waals surface area contributed by atoms with Crippen molar-refractivity contribution >= 4 is 81.6 Å². The number of fused-ring (bicyclic) bond motifs is 9. The van der Waals surface area contributed by atoms with E-state index in [9.17, 15) is 0 Å². The molecule has 0 bridgehead atoms.